The van der Waals surface area contributed by atoms with Crippen molar-refractivity contribution >= 4 is 23.1 Å². The van der Waals surface area contributed by atoms with Crippen molar-refractivity contribution in [3.63, 3.8) is 0 Å². The summed E-state index contributed by atoms with van der Waals surface area (Å²) < 4.78 is 26.5. The van der Waals surface area contributed by atoms with Crippen LogP contribution in [-0.4, -0.2) is 14.9 Å². The first kappa shape index (κ1) is 13.5. The molecule has 0 spiro atoms. The Morgan fingerprint density at radius 2 is 2.10 bits per heavy atom. The number of nitrogens with two attached hydrogens (primary N) is 1. The van der Waals surface area contributed by atoms with Gasteiger partial charge >= 0.3 is 5.69 Å². The van der Waals surface area contributed by atoms with Crippen LogP contribution in [0.5, 0.6) is 0 Å². The summed E-state index contributed by atoms with van der Waals surface area (Å²) in [4.78, 5) is 17.3. The van der Waals surface area contributed by atoms with Crippen molar-refractivity contribution in [3.8, 4) is 0 Å². The molecule has 0 saturated carbocycles. The molecule has 1 aromatic carbocycles. The van der Waals surface area contributed by atoms with Crippen LogP contribution in [0.25, 0.3) is 0 Å². The Morgan fingerprint density at radius 3 is 2.75 bits per heavy atom. The zero-order chi connectivity index (χ0) is 14.7. The summed E-state index contributed by atoms with van der Waals surface area (Å²) in [6, 6.07) is 2.64. The molecule has 8 nitrogen and oxygen atoms in total. The molecule has 2 aromatic rings. The van der Waals surface area contributed by atoms with Gasteiger partial charge in [0.25, 0.3) is 0 Å². The molecule has 20 heavy (non-hydrogen) atoms. The van der Waals surface area contributed by atoms with E-state index in [2.05, 4.69) is 20.7 Å². The Bertz CT molecular complexity index is 666. The molecule has 0 fully saturated rings. The smallest absolute Gasteiger partial charge is 0.329 e. The lowest BCUT2D eigenvalue weighted by Crippen LogP contribution is -2.12. The molecular weight excluding hydrogens is 274 g/mol. The Morgan fingerprint density at radius 1 is 1.35 bits per heavy atom. The fourth-order valence-corrected chi connectivity index (χ4v) is 1.39. The summed E-state index contributed by atoms with van der Waals surface area (Å²) in [5, 5.41) is 13.2. The maximum Gasteiger partial charge on any atom is 0.329 e. The Hall–Kier alpha value is -2.88. The van der Waals surface area contributed by atoms with Crippen molar-refractivity contribution in [1.82, 2.24) is 9.97 Å². The van der Waals surface area contributed by atoms with Gasteiger partial charge in [-0.05, 0) is 12.1 Å². The van der Waals surface area contributed by atoms with E-state index in [9.17, 15) is 18.9 Å². The molecule has 0 atom stereocenters. The molecule has 2 rings (SSSR count). The average Bonchev–Trinajstić information content (AvgIpc) is 2.42. The number of aromatic nitrogens is 2. The second kappa shape index (κ2) is 5.40. The molecule has 0 amide bonds. The highest BCUT2D eigenvalue weighted by molar-refractivity contribution is 5.66. The number of benzene rings is 1. The molecule has 104 valence electrons. The molecule has 0 aliphatic heterocycles. The summed E-state index contributed by atoms with van der Waals surface area (Å²) >= 11 is 0. The number of nitrogens with one attached hydrogen (secondary N) is 2. The largest absolute Gasteiger partial charge is 0.332 e. The van der Waals surface area contributed by atoms with Crippen LogP contribution in [0.1, 0.15) is 0 Å². The van der Waals surface area contributed by atoms with Crippen LogP contribution in [-0.2, 0) is 0 Å². The van der Waals surface area contributed by atoms with Crippen LogP contribution in [0.4, 0.5) is 31.9 Å². The normalized spacial score (nSPS) is 10.2. The standard InChI is InChI=1S/C10H8F2N6O2/c11-5-1-2-6(12)7(3-5)15-9-8(18(19)20)4-14-10(16-9)17-13/h1-4H,13H2,(H2,14,15,16,17). The predicted molar refractivity (Wildman–Crippen MR) is 66.1 cm³/mol. The van der Waals surface area contributed by atoms with Crippen molar-refractivity contribution in [1.29, 1.82) is 0 Å². The number of hydrogen-bond acceptors (Lipinski definition) is 7. The van der Waals surface area contributed by atoms with Crippen molar-refractivity contribution in [3.05, 3.63) is 46.1 Å². The number of rotatable bonds is 4. The predicted octanol–water partition coefficient (Wildman–Crippen LogP) is 1.69. The molecule has 4 N–H and O–H groups in total. The summed E-state index contributed by atoms with van der Waals surface area (Å²) in [5.41, 5.74) is 1.29. The molecule has 1 aromatic heterocycles. The number of halogens is 2. The molecule has 1 heterocycles. The molecule has 0 bridgehead atoms. The van der Waals surface area contributed by atoms with Crippen molar-refractivity contribution in [2.45, 2.75) is 0 Å². The molecule has 0 aliphatic carbocycles. The van der Waals surface area contributed by atoms with E-state index in [1.807, 2.05) is 0 Å². The fraction of sp³-hybridized carbons (Fsp3) is 0. The van der Waals surface area contributed by atoms with E-state index in [-0.39, 0.29) is 17.5 Å². The maximum atomic E-state index is 13.5. The van der Waals surface area contributed by atoms with Gasteiger partial charge in [0.05, 0.1) is 10.6 Å². The van der Waals surface area contributed by atoms with Crippen LogP contribution in [0.15, 0.2) is 24.4 Å². The number of hydrogen-bond donors (Lipinski definition) is 3. The molecule has 0 aliphatic rings. The monoisotopic (exact) mass is 282 g/mol. The van der Waals surface area contributed by atoms with E-state index in [1.165, 1.54) is 0 Å². The number of nitro groups is 1. The van der Waals surface area contributed by atoms with Crippen LogP contribution in [0, 0.1) is 21.7 Å². The quantitative estimate of drug-likeness (QED) is 0.443. The summed E-state index contributed by atoms with van der Waals surface area (Å²) in [7, 11) is 0. The lowest BCUT2D eigenvalue weighted by atomic mass is 10.3. The summed E-state index contributed by atoms with van der Waals surface area (Å²) in [6.07, 6.45) is 0.891. The van der Waals surface area contributed by atoms with Gasteiger partial charge in [-0.25, -0.2) is 19.6 Å². The Kier molecular flexibility index (Phi) is 3.66. The van der Waals surface area contributed by atoms with Crippen LogP contribution >= 0.6 is 0 Å². The van der Waals surface area contributed by atoms with Crippen molar-refractivity contribution in [2.75, 3.05) is 10.7 Å². The number of nitrogen functional groups attached to an aromatic ring is 1. The zero-order valence-electron chi connectivity index (χ0n) is 9.80. The number of hydrazine groups is 1. The van der Waals surface area contributed by atoms with E-state index >= 15 is 0 Å². The van der Waals surface area contributed by atoms with Crippen molar-refractivity contribution < 1.29 is 13.7 Å². The van der Waals surface area contributed by atoms with E-state index < -0.39 is 22.2 Å². The first-order valence-corrected chi connectivity index (χ1v) is 5.21. The van der Waals surface area contributed by atoms with Gasteiger partial charge in [0.15, 0.2) is 0 Å². The van der Waals surface area contributed by atoms with Gasteiger partial charge in [-0.2, -0.15) is 4.98 Å². The number of nitrogens with zero attached hydrogens (tertiary/aromatic N) is 3. The van der Waals surface area contributed by atoms with Gasteiger partial charge in [-0.1, -0.05) is 0 Å². The second-order valence-electron chi connectivity index (χ2n) is 3.58. The van der Waals surface area contributed by atoms with Gasteiger partial charge in [-0.15, -0.1) is 0 Å². The van der Waals surface area contributed by atoms with Crippen molar-refractivity contribution in [2.24, 2.45) is 5.84 Å². The van der Waals surface area contributed by atoms with Crippen LogP contribution in [0.3, 0.4) is 0 Å². The molecular formula is C10H8F2N6O2. The van der Waals surface area contributed by atoms with Crippen LogP contribution in [0.2, 0.25) is 0 Å². The minimum atomic E-state index is -0.790. The molecule has 0 saturated heterocycles. The third-order valence-corrected chi connectivity index (χ3v) is 2.28. The summed E-state index contributed by atoms with van der Waals surface area (Å²) in [5.74, 6) is 3.16. The van der Waals surface area contributed by atoms with E-state index in [4.69, 9.17) is 5.84 Å². The highest BCUT2D eigenvalue weighted by Crippen LogP contribution is 2.27. The maximum absolute atomic E-state index is 13.5. The number of anilines is 3. The first-order chi connectivity index (χ1) is 9.51. The molecule has 10 heteroatoms. The molecule has 0 radical (unpaired) electrons. The van der Waals surface area contributed by atoms with Gasteiger partial charge in [0, 0.05) is 6.07 Å². The Balaban J connectivity index is 2.45. The summed E-state index contributed by atoms with van der Waals surface area (Å²) in [6.45, 7) is 0. The molecule has 0 unspecified atom stereocenters. The van der Waals surface area contributed by atoms with E-state index in [0.29, 0.717) is 0 Å². The average molecular weight is 282 g/mol. The van der Waals surface area contributed by atoms with E-state index in [0.717, 1.165) is 24.4 Å². The van der Waals surface area contributed by atoms with Gasteiger partial charge in [0.2, 0.25) is 11.8 Å². The third kappa shape index (κ3) is 2.75. The topological polar surface area (TPSA) is 119 Å². The first-order valence-electron chi connectivity index (χ1n) is 5.21. The van der Waals surface area contributed by atoms with Gasteiger partial charge < -0.3 is 5.32 Å². The minimum Gasteiger partial charge on any atom is -0.332 e. The second-order valence-corrected chi connectivity index (χ2v) is 3.58. The van der Waals surface area contributed by atoms with E-state index in [1.54, 1.807) is 0 Å². The van der Waals surface area contributed by atoms with Crippen LogP contribution < -0.4 is 16.6 Å². The van der Waals surface area contributed by atoms with Gasteiger partial charge in [-0.3, -0.25) is 15.5 Å². The minimum absolute atomic E-state index is 0.116. The lowest BCUT2D eigenvalue weighted by Gasteiger charge is -2.08. The zero-order valence-corrected chi connectivity index (χ0v) is 9.80. The Labute approximate surface area is 110 Å². The van der Waals surface area contributed by atoms with Gasteiger partial charge in [0.1, 0.15) is 17.8 Å². The lowest BCUT2D eigenvalue weighted by molar-refractivity contribution is -0.384. The highest BCUT2D eigenvalue weighted by atomic mass is 19.1. The highest BCUT2D eigenvalue weighted by Gasteiger charge is 2.18. The SMILES string of the molecule is NNc1ncc([N+](=O)[O-])c(Nc2cc(F)ccc2F)n1. The fourth-order valence-electron chi connectivity index (χ4n) is 1.39. The third-order valence-electron chi connectivity index (χ3n) is 2.28.